The Morgan fingerprint density at radius 2 is 0.750 bits per heavy atom. The molecule has 5 nitrogen and oxygen atoms in total. The first-order valence-corrected chi connectivity index (χ1v) is 14.6. The summed E-state index contributed by atoms with van der Waals surface area (Å²) in [4.78, 5) is 9.00. The molecule has 0 atom stereocenters. The lowest BCUT2D eigenvalue weighted by Gasteiger charge is -2.17. The second-order valence-corrected chi connectivity index (χ2v) is 9.77. The third-order valence-corrected chi connectivity index (χ3v) is 6.26. The number of hydrogen-bond donors (Lipinski definition) is 1. The van der Waals surface area contributed by atoms with Crippen molar-refractivity contribution >= 4 is 14.6 Å². The fourth-order valence-electron chi connectivity index (χ4n) is 3.18. The number of unbranched alkanes of at least 4 members (excludes halogenated alkanes) is 15. The third kappa shape index (κ3) is 34.4. The molecule has 0 aliphatic carbocycles. The number of rotatable bonds is 24. The van der Waals surface area contributed by atoms with Crippen LogP contribution in [0.1, 0.15) is 143 Å². The predicted octanol–water partition coefficient (Wildman–Crippen LogP) is 9.44. The van der Waals surface area contributed by atoms with Gasteiger partial charge in [0.05, 0.1) is 19.8 Å². The Bertz CT molecular complexity index is 308. The van der Waals surface area contributed by atoms with Crippen LogP contribution in [0.2, 0.25) is 0 Å². The second-order valence-electron chi connectivity index (χ2n) is 8.55. The van der Waals surface area contributed by atoms with Crippen molar-refractivity contribution in [2.45, 2.75) is 143 Å². The number of aliphatic carboxylic acids is 1. The van der Waals surface area contributed by atoms with Gasteiger partial charge < -0.3 is 18.7 Å². The molecular weight excluding hydrogens is 423 g/mol. The van der Waals surface area contributed by atoms with E-state index in [0.29, 0.717) is 0 Å². The quantitative estimate of drug-likeness (QED) is 0.110. The monoisotopic (exact) mass is 478 g/mol. The van der Waals surface area contributed by atoms with Crippen LogP contribution in [0.3, 0.4) is 0 Å². The van der Waals surface area contributed by atoms with Gasteiger partial charge in [0.2, 0.25) is 0 Å². The topological polar surface area (TPSA) is 65.0 Å². The van der Waals surface area contributed by atoms with Crippen LogP contribution < -0.4 is 0 Å². The van der Waals surface area contributed by atoms with Gasteiger partial charge in [0.25, 0.3) is 5.97 Å². The molecule has 0 unspecified atom stereocenters. The van der Waals surface area contributed by atoms with Crippen molar-refractivity contribution in [2.24, 2.45) is 0 Å². The molecule has 194 valence electrons. The summed E-state index contributed by atoms with van der Waals surface area (Å²) in [6.45, 7) is 10.2. The largest absolute Gasteiger partial charge is 0.481 e. The van der Waals surface area contributed by atoms with Crippen LogP contribution in [0.5, 0.6) is 0 Å². The third-order valence-electron chi connectivity index (χ3n) is 5.08. The first-order chi connectivity index (χ1) is 15.6. The fourth-order valence-corrected chi connectivity index (χ4v) is 4.23. The zero-order valence-electron chi connectivity index (χ0n) is 21.9. The van der Waals surface area contributed by atoms with Crippen LogP contribution in [0.25, 0.3) is 0 Å². The van der Waals surface area contributed by atoms with Crippen molar-refractivity contribution in [3.63, 3.8) is 0 Å². The highest BCUT2D eigenvalue weighted by Gasteiger charge is 2.12. The van der Waals surface area contributed by atoms with E-state index in [1.54, 1.807) is 0 Å². The normalized spacial score (nSPS) is 10.9. The molecule has 0 aromatic heterocycles. The summed E-state index contributed by atoms with van der Waals surface area (Å²) in [5.74, 6) is -0.833. The van der Waals surface area contributed by atoms with E-state index in [9.17, 15) is 0 Å². The number of carbonyl (C=O) groups is 1. The zero-order chi connectivity index (χ0) is 24.1. The highest BCUT2D eigenvalue weighted by atomic mass is 31.2. The van der Waals surface area contributed by atoms with Crippen LogP contribution in [-0.2, 0) is 18.4 Å². The standard InChI is InChI=1S/C24H51O3P.C2H4O2/c1-4-7-10-13-16-19-22-25-28(26-23-20-17-14-11-8-5-2)27-24-21-18-15-12-9-6-3;1-2(3)4/h4-24H2,1-3H3;1H3,(H,3,4). The highest BCUT2D eigenvalue weighted by Crippen LogP contribution is 2.40. The Kier molecular flexibility index (Phi) is 32.7. The van der Waals surface area contributed by atoms with Crippen molar-refractivity contribution in [1.82, 2.24) is 0 Å². The number of carboxylic acids is 1. The lowest BCUT2D eigenvalue weighted by Crippen LogP contribution is -2.00. The van der Waals surface area contributed by atoms with Crippen LogP contribution in [-0.4, -0.2) is 30.9 Å². The Labute approximate surface area is 201 Å². The maximum Gasteiger partial charge on any atom is 0.332 e. The minimum atomic E-state index is -1.14. The minimum Gasteiger partial charge on any atom is -0.481 e. The van der Waals surface area contributed by atoms with Gasteiger partial charge in [-0.05, 0) is 19.3 Å². The SMILES string of the molecule is CC(=O)O.CCCCCCCCOP(OCCCCCCCC)OCCCCCCCC. The summed E-state index contributed by atoms with van der Waals surface area (Å²) >= 11 is 0. The lowest BCUT2D eigenvalue weighted by atomic mass is 10.1. The molecule has 0 spiro atoms. The van der Waals surface area contributed by atoms with Gasteiger partial charge in [-0.1, -0.05) is 117 Å². The van der Waals surface area contributed by atoms with Crippen LogP contribution in [0.15, 0.2) is 0 Å². The van der Waals surface area contributed by atoms with Gasteiger partial charge in [0, 0.05) is 6.92 Å². The second kappa shape index (κ2) is 30.8. The Hall–Kier alpha value is -0.220. The van der Waals surface area contributed by atoms with Gasteiger partial charge in [-0.2, -0.15) is 0 Å². The molecule has 0 amide bonds. The minimum absolute atomic E-state index is 0.783. The van der Waals surface area contributed by atoms with Gasteiger partial charge in [0.1, 0.15) is 0 Å². The van der Waals surface area contributed by atoms with Gasteiger partial charge in [-0.15, -0.1) is 0 Å². The van der Waals surface area contributed by atoms with Crippen molar-refractivity contribution in [3.8, 4) is 0 Å². The Morgan fingerprint density at radius 1 is 0.531 bits per heavy atom. The van der Waals surface area contributed by atoms with E-state index in [1.165, 1.54) is 96.3 Å². The van der Waals surface area contributed by atoms with E-state index in [4.69, 9.17) is 23.5 Å². The molecule has 0 bridgehead atoms. The van der Waals surface area contributed by atoms with E-state index >= 15 is 0 Å². The first-order valence-electron chi connectivity index (χ1n) is 13.5. The molecule has 0 rings (SSSR count). The highest BCUT2D eigenvalue weighted by molar-refractivity contribution is 7.41. The lowest BCUT2D eigenvalue weighted by molar-refractivity contribution is -0.134. The molecule has 0 saturated carbocycles. The van der Waals surface area contributed by atoms with Crippen molar-refractivity contribution in [2.75, 3.05) is 19.8 Å². The molecule has 0 aliphatic heterocycles. The van der Waals surface area contributed by atoms with E-state index in [2.05, 4.69) is 20.8 Å². The molecule has 0 aromatic carbocycles. The van der Waals surface area contributed by atoms with Crippen LogP contribution in [0, 0.1) is 0 Å². The summed E-state index contributed by atoms with van der Waals surface area (Å²) in [6.07, 6.45) is 23.2. The molecule has 0 fully saturated rings. The Balaban J connectivity index is 0. The molecule has 1 N–H and O–H groups in total. The average Bonchev–Trinajstić information content (AvgIpc) is 2.76. The summed E-state index contributed by atoms with van der Waals surface area (Å²) in [7, 11) is -1.14. The van der Waals surface area contributed by atoms with Gasteiger partial charge >= 0.3 is 8.60 Å². The maximum atomic E-state index is 9.00. The number of hydrogen-bond acceptors (Lipinski definition) is 4. The Morgan fingerprint density at radius 3 is 1.00 bits per heavy atom. The van der Waals surface area contributed by atoms with Crippen molar-refractivity contribution < 1.29 is 23.5 Å². The summed E-state index contributed by atoms with van der Waals surface area (Å²) < 4.78 is 17.9. The fraction of sp³-hybridized carbons (Fsp3) is 0.962. The van der Waals surface area contributed by atoms with E-state index in [1.807, 2.05) is 0 Å². The van der Waals surface area contributed by atoms with Gasteiger partial charge in [-0.3, -0.25) is 4.79 Å². The molecular formula is C26H55O5P. The van der Waals surface area contributed by atoms with Gasteiger partial charge in [0.15, 0.2) is 0 Å². The molecule has 32 heavy (non-hydrogen) atoms. The maximum absolute atomic E-state index is 9.00. The van der Waals surface area contributed by atoms with Crippen molar-refractivity contribution in [3.05, 3.63) is 0 Å². The van der Waals surface area contributed by atoms with E-state index in [-0.39, 0.29) is 0 Å². The first kappa shape index (κ1) is 34.0. The van der Waals surface area contributed by atoms with Crippen LogP contribution in [0.4, 0.5) is 0 Å². The van der Waals surface area contributed by atoms with E-state index < -0.39 is 14.6 Å². The van der Waals surface area contributed by atoms with Gasteiger partial charge in [-0.25, -0.2) is 0 Å². The molecule has 0 saturated heterocycles. The summed E-state index contributed by atoms with van der Waals surface area (Å²) in [5, 5.41) is 7.42. The molecule has 0 aliphatic rings. The number of carboxylic acid groups (broad SMARTS) is 1. The summed E-state index contributed by atoms with van der Waals surface area (Å²) in [6, 6.07) is 0. The van der Waals surface area contributed by atoms with Crippen molar-refractivity contribution in [1.29, 1.82) is 0 Å². The zero-order valence-corrected chi connectivity index (χ0v) is 22.8. The van der Waals surface area contributed by atoms with Crippen LogP contribution >= 0.6 is 8.60 Å². The molecule has 0 radical (unpaired) electrons. The average molecular weight is 479 g/mol. The molecule has 0 aromatic rings. The van der Waals surface area contributed by atoms with E-state index in [0.717, 1.165) is 46.0 Å². The molecule has 6 heteroatoms. The predicted molar refractivity (Wildman–Crippen MR) is 138 cm³/mol. The summed E-state index contributed by atoms with van der Waals surface area (Å²) in [5.41, 5.74) is 0. The molecule has 0 heterocycles. The smallest absolute Gasteiger partial charge is 0.332 e.